The molecule has 0 aliphatic heterocycles. The van der Waals surface area contributed by atoms with Gasteiger partial charge in [0.2, 0.25) is 0 Å². The molecule has 0 saturated heterocycles. The van der Waals surface area contributed by atoms with E-state index < -0.39 is 9.84 Å². The smallest absolute Gasteiger partial charge is 0.274 e. The van der Waals surface area contributed by atoms with Crippen LogP contribution in [-0.2, 0) is 16.4 Å². The number of nitrogens with one attached hydrogen (secondary N) is 1. The van der Waals surface area contributed by atoms with E-state index in [-0.39, 0.29) is 10.8 Å². The Balaban J connectivity index is 1.90. The molecule has 1 N–H and O–H groups in total. The quantitative estimate of drug-likeness (QED) is 0.393. The van der Waals surface area contributed by atoms with Gasteiger partial charge in [0, 0.05) is 34.6 Å². The van der Waals surface area contributed by atoms with Crippen molar-refractivity contribution >= 4 is 33.0 Å². The van der Waals surface area contributed by atoms with Gasteiger partial charge in [-0.15, -0.1) is 0 Å². The van der Waals surface area contributed by atoms with Crippen molar-refractivity contribution in [3.63, 3.8) is 0 Å². The minimum absolute atomic E-state index is 0.219. The van der Waals surface area contributed by atoms with Crippen LogP contribution in [0.2, 0.25) is 5.02 Å². The maximum Gasteiger partial charge on any atom is 0.274 e. The molecule has 0 spiro atoms. The summed E-state index contributed by atoms with van der Waals surface area (Å²) in [5.74, 6) is -0.292. The Bertz CT molecular complexity index is 1400. The molecule has 1 heterocycles. The van der Waals surface area contributed by atoms with Gasteiger partial charge in [0.15, 0.2) is 9.84 Å². The number of anilines is 1. The summed E-state index contributed by atoms with van der Waals surface area (Å²) in [5, 5.41) is 8.25. The largest absolute Gasteiger partial charge is 0.321 e. The molecule has 0 unspecified atom stereocenters. The molecule has 8 heteroatoms. The Morgan fingerprint density at radius 2 is 1.55 bits per heavy atom. The minimum atomic E-state index is -3.33. The zero-order valence-electron chi connectivity index (χ0n) is 18.1. The van der Waals surface area contributed by atoms with Gasteiger partial charge in [-0.3, -0.25) is 9.48 Å². The van der Waals surface area contributed by atoms with Gasteiger partial charge in [0.25, 0.3) is 5.91 Å². The molecule has 0 atom stereocenters. The zero-order chi connectivity index (χ0) is 23.6. The van der Waals surface area contributed by atoms with Crippen LogP contribution < -0.4 is 5.32 Å². The van der Waals surface area contributed by atoms with Gasteiger partial charge in [-0.25, -0.2) is 8.42 Å². The van der Waals surface area contributed by atoms with Gasteiger partial charge in [-0.1, -0.05) is 54.1 Å². The third kappa shape index (κ3) is 4.84. The van der Waals surface area contributed by atoms with Crippen molar-refractivity contribution in [2.24, 2.45) is 0 Å². The number of sulfone groups is 1. The summed E-state index contributed by atoms with van der Waals surface area (Å²) in [6.07, 6.45) is 1.17. The predicted octanol–water partition coefficient (Wildman–Crippen LogP) is 5.55. The first kappa shape index (κ1) is 22.8. The van der Waals surface area contributed by atoms with Crippen LogP contribution in [0.1, 0.15) is 17.4 Å². The van der Waals surface area contributed by atoms with E-state index in [0.29, 0.717) is 39.8 Å². The number of benzene rings is 3. The van der Waals surface area contributed by atoms with Crippen molar-refractivity contribution in [2.75, 3.05) is 11.6 Å². The van der Waals surface area contributed by atoms with Crippen LogP contribution in [0.5, 0.6) is 0 Å². The van der Waals surface area contributed by atoms with Crippen LogP contribution in [0, 0.1) is 0 Å². The van der Waals surface area contributed by atoms with Gasteiger partial charge in [-0.2, -0.15) is 5.10 Å². The summed E-state index contributed by atoms with van der Waals surface area (Å²) >= 11 is 6.10. The lowest BCUT2D eigenvalue weighted by molar-refractivity contribution is 0.101. The van der Waals surface area contributed by atoms with Crippen LogP contribution >= 0.6 is 11.6 Å². The normalized spacial score (nSPS) is 11.4. The first-order valence-electron chi connectivity index (χ1n) is 10.3. The molecular weight excluding hydrogens is 458 g/mol. The van der Waals surface area contributed by atoms with Gasteiger partial charge in [0.1, 0.15) is 11.4 Å². The molecule has 0 radical (unpaired) electrons. The highest BCUT2D eigenvalue weighted by atomic mass is 35.5. The van der Waals surface area contributed by atoms with Crippen LogP contribution in [0.4, 0.5) is 5.69 Å². The van der Waals surface area contributed by atoms with E-state index in [9.17, 15) is 13.2 Å². The molecule has 33 heavy (non-hydrogen) atoms. The molecule has 0 saturated carbocycles. The van der Waals surface area contributed by atoms with Crippen molar-refractivity contribution in [1.29, 1.82) is 0 Å². The number of para-hydroxylation sites is 1. The Kier molecular flexibility index (Phi) is 6.35. The number of hydrogen-bond donors (Lipinski definition) is 1. The summed E-state index contributed by atoms with van der Waals surface area (Å²) in [4.78, 5) is 13.6. The Hall–Kier alpha value is -3.42. The summed E-state index contributed by atoms with van der Waals surface area (Å²) < 4.78 is 25.4. The van der Waals surface area contributed by atoms with E-state index in [0.717, 1.165) is 5.56 Å². The average molecular weight is 480 g/mol. The fourth-order valence-electron chi connectivity index (χ4n) is 3.59. The average Bonchev–Trinajstić information content (AvgIpc) is 3.19. The predicted molar refractivity (Wildman–Crippen MR) is 131 cm³/mol. The summed E-state index contributed by atoms with van der Waals surface area (Å²) in [5.41, 5.74) is 3.79. The number of carbonyl (C=O) groups excluding carboxylic acids is 1. The second-order valence-corrected chi connectivity index (χ2v) is 9.96. The molecule has 1 amide bonds. The number of rotatable bonds is 6. The van der Waals surface area contributed by atoms with Crippen molar-refractivity contribution in [3.05, 3.63) is 89.6 Å². The van der Waals surface area contributed by atoms with Crippen LogP contribution in [-0.4, -0.2) is 30.4 Å². The number of hydrogen-bond acceptors (Lipinski definition) is 4. The fourth-order valence-corrected chi connectivity index (χ4v) is 4.34. The Labute approximate surface area is 197 Å². The minimum Gasteiger partial charge on any atom is -0.321 e. The summed E-state index contributed by atoms with van der Waals surface area (Å²) in [6, 6.07) is 22.9. The maximum atomic E-state index is 13.4. The van der Waals surface area contributed by atoms with E-state index >= 15 is 0 Å². The van der Waals surface area contributed by atoms with Crippen LogP contribution in [0.3, 0.4) is 0 Å². The second-order valence-electron chi connectivity index (χ2n) is 7.51. The van der Waals surface area contributed by atoms with Crippen molar-refractivity contribution in [2.45, 2.75) is 18.4 Å². The van der Waals surface area contributed by atoms with Gasteiger partial charge < -0.3 is 5.32 Å². The zero-order valence-corrected chi connectivity index (χ0v) is 19.7. The number of aryl methyl sites for hydroxylation is 1. The molecule has 4 aromatic rings. The van der Waals surface area contributed by atoms with E-state index in [1.54, 1.807) is 41.1 Å². The summed E-state index contributed by atoms with van der Waals surface area (Å²) in [7, 11) is -3.33. The molecule has 4 rings (SSSR count). The number of nitrogens with zero attached hydrogens (tertiary/aromatic N) is 2. The molecular formula is C25H22ClN3O3S. The topological polar surface area (TPSA) is 81.1 Å². The van der Waals surface area contributed by atoms with E-state index in [1.165, 1.54) is 6.26 Å². The molecule has 3 aromatic carbocycles. The van der Waals surface area contributed by atoms with Crippen molar-refractivity contribution < 1.29 is 13.2 Å². The molecule has 0 fully saturated rings. The highest BCUT2D eigenvalue weighted by Gasteiger charge is 2.25. The molecule has 168 valence electrons. The highest BCUT2D eigenvalue weighted by Crippen LogP contribution is 2.36. The first-order chi connectivity index (χ1) is 15.8. The van der Waals surface area contributed by atoms with E-state index in [2.05, 4.69) is 5.32 Å². The van der Waals surface area contributed by atoms with E-state index in [4.69, 9.17) is 16.7 Å². The maximum absolute atomic E-state index is 13.4. The molecule has 0 aliphatic carbocycles. The second kappa shape index (κ2) is 9.21. The lowest BCUT2D eigenvalue weighted by Gasteiger charge is -2.10. The molecule has 0 bridgehead atoms. The van der Waals surface area contributed by atoms with Crippen molar-refractivity contribution in [1.82, 2.24) is 9.78 Å². The Morgan fingerprint density at radius 1 is 0.939 bits per heavy atom. The summed E-state index contributed by atoms with van der Waals surface area (Å²) in [6.45, 7) is 2.38. The Morgan fingerprint density at radius 3 is 2.12 bits per heavy atom. The number of amides is 1. The third-order valence-electron chi connectivity index (χ3n) is 5.19. The molecule has 0 aliphatic rings. The first-order valence-corrected chi connectivity index (χ1v) is 12.6. The lowest BCUT2D eigenvalue weighted by Crippen LogP contribution is -2.18. The molecule has 6 nitrogen and oxygen atoms in total. The number of aromatic nitrogens is 2. The number of carbonyl (C=O) groups is 1. The van der Waals surface area contributed by atoms with Gasteiger partial charge >= 0.3 is 0 Å². The fraction of sp³-hybridized carbons (Fsp3) is 0.120. The third-order valence-corrected chi connectivity index (χ3v) is 6.57. The standard InChI is InChI=1S/C25H22ClN3O3S/c1-3-29-24(25(30)27-20-7-5-4-6-8-20)22(17-9-13-19(26)14-10-17)23(28-29)18-11-15-21(16-12-18)33(2,31)32/h4-16H,3H2,1-2H3,(H,27,30). The van der Waals surface area contributed by atoms with Gasteiger partial charge in [-0.05, 0) is 48.9 Å². The van der Waals surface area contributed by atoms with Crippen LogP contribution in [0.15, 0.2) is 83.8 Å². The van der Waals surface area contributed by atoms with Gasteiger partial charge in [0.05, 0.1) is 4.90 Å². The number of halogens is 1. The van der Waals surface area contributed by atoms with Crippen molar-refractivity contribution in [3.8, 4) is 22.4 Å². The highest BCUT2D eigenvalue weighted by molar-refractivity contribution is 7.90. The van der Waals surface area contributed by atoms with Crippen LogP contribution in [0.25, 0.3) is 22.4 Å². The molecule has 1 aromatic heterocycles. The lowest BCUT2D eigenvalue weighted by atomic mass is 9.98. The monoisotopic (exact) mass is 479 g/mol. The van der Waals surface area contributed by atoms with E-state index in [1.807, 2.05) is 49.4 Å². The SMILES string of the molecule is CCn1nc(-c2ccc(S(C)(=O)=O)cc2)c(-c2ccc(Cl)cc2)c1C(=O)Nc1ccccc1.